The smallest absolute Gasteiger partial charge is 0.191 e. The van der Waals surface area contributed by atoms with E-state index in [1.54, 1.807) is 0 Å². The highest BCUT2D eigenvalue weighted by molar-refractivity contribution is 5.79. The van der Waals surface area contributed by atoms with Gasteiger partial charge >= 0.3 is 0 Å². The van der Waals surface area contributed by atoms with Gasteiger partial charge in [-0.25, -0.2) is 0 Å². The van der Waals surface area contributed by atoms with E-state index in [0.717, 1.165) is 49.5 Å². The number of hydrogen-bond acceptors (Lipinski definition) is 4. The van der Waals surface area contributed by atoms with E-state index in [2.05, 4.69) is 37.6 Å². The van der Waals surface area contributed by atoms with Crippen LogP contribution in [0.5, 0.6) is 0 Å². The summed E-state index contributed by atoms with van der Waals surface area (Å²) in [5, 5.41) is 15.3. The monoisotopic (exact) mass is 357 g/mol. The third-order valence-electron chi connectivity index (χ3n) is 5.16. The van der Waals surface area contributed by atoms with Gasteiger partial charge in [-0.2, -0.15) is 0 Å². The quantitative estimate of drug-likeness (QED) is 0.583. The lowest BCUT2D eigenvalue weighted by atomic mass is 10.0. The Labute approximate surface area is 155 Å². The molecule has 2 aromatic heterocycles. The van der Waals surface area contributed by atoms with Crippen LogP contribution >= 0.6 is 0 Å². The summed E-state index contributed by atoms with van der Waals surface area (Å²) in [6.07, 6.45) is 8.10. The van der Waals surface area contributed by atoms with Gasteiger partial charge in [0.15, 0.2) is 11.6 Å². The van der Waals surface area contributed by atoms with Crippen molar-refractivity contribution in [2.24, 2.45) is 4.99 Å². The molecule has 3 heterocycles. The standard InChI is InChI=1S/C19H31N7/c1-3-16-8-4-6-13-25(16)15-12-22-19(20-2)21-11-10-18-24-23-17-9-5-7-14-26(17)18/h5,7,9,14,16H,3-4,6,8,10-13,15H2,1-2H3,(H2,20,21,22). The van der Waals surface area contributed by atoms with E-state index in [0.29, 0.717) is 0 Å². The van der Waals surface area contributed by atoms with Gasteiger partial charge in [0.05, 0.1) is 0 Å². The summed E-state index contributed by atoms with van der Waals surface area (Å²) in [5.41, 5.74) is 0.886. The molecule has 2 N–H and O–H groups in total. The van der Waals surface area contributed by atoms with Crippen LogP contribution < -0.4 is 10.6 Å². The zero-order valence-corrected chi connectivity index (χ0v) is 16.0. The molecule has 142 valence electrons. The van der Waals surface area contributed by atoms with Crippen LogP contribution in [0.4, 0.5) is 0 Å². The fourth-order valence-corrected chi connectivity index (χ4v) is 3.71. The molecule has 7 heteroatoms. The number of piperidine rings is 1. The number of guanidine groups is 1. The van der Waals surface area contributed by atoms with Crippen LogP contribution in [-0.2, 0) is 6.42 Å². The van der Waals surface area contributed by atoms with Crippen LogP contribution in [0.25, 0.3) is 5.65 Å². The normalized spacial score (nSPS) is 19.0. The molecule has 0 aromatic carbocycles. The molecule has 1 aliphatic heterocycles. The number of nitrogens with zero attached hydrogens (tertiary/aromatic N) is 5. The third kappa shape index (κ3) is 4.72. The number of fused-ring (bicyclic) bond motifs is 1. The summed E-state index contributed by atoms with van der Waals surface area (Å²) in [6, 6.07) is 6.69. The van der Waals surface area contributed by atoms with Crippen LogP contribution in [0.15, 0.2) is 29.4 Å². The molecule has 1 aliphatic rings. The average Bonchev–Trinajstić information content (AvgIpc) is 3.10. The molecule has 7 nitrogen and oxygen atoms in total. The Bertz CT molecular complexity index is 709. The second-order valence-corrected chi connectivity index (χ2v) is 6.81. The van der Waals surface area contributed by atoms with Gasteiger partial charge in [0.2, 0.25) is 0 Å². The number of likely N-dealkylation sites (tertiary alicyclic amines) is 1. The van der Waals surface area contributed by atoms with Crippen molar-refractivity contribution in [1.82, 2.24) is 30.1 Å². The molecule has 0 saturated carbocycles. The molecule has 0 bridgehead atoms. The molecule has 1 unspecified atom stereocenters. The first-order valence-electron chi connectivity index (χ1n) is 9.79. The second-order valence-electron chi connectivity index (χ2n) is 6.81. The van der Waals surface area contributed by atoms with Crippen molar-refractivity contribution in [3.05, 3.63) is 30.2 Å². The largest absolute Gasteiger partial charge is 0.356 e. The van der Waals surface area contributed by atoms with E-state index in [1.807, 2.05) is 35.8 Å². The van der Waals surface area contributed by atoms with E-state index in [9.17, 15) is 0 Å². The minimum Gasteiger partial charge on any atom is -0.356 e. The SMILES string of the molecule is CCC1CCCCN1CCNC(=NC)NCCc1nnc2ccccn12. The maximum atomic E-state index is 4.32. The molecule has 0 aliphatic carbocycles. The van der Waals surface area contributed by atoms with Gasteiger partial charge in [0.25, 0.3) is 0 Å². The van der Waals surface area contributed by atoms with Gasteiger partial charge in [-0.15, -0.1) is 10.2 Å². The van der Waals surface area contributed by atoms with Crippen LogP contribution in [0, 0.1) is 0 Å². The first-order chi connectivity index (χ1) is 12.8. The first-order valence-corrected chi connectivity index (χ1v) is 9.79. The lowest BCUT2D eigenvalue weighted by molar-refractivity contribution is 0.147. The molecule has 1 saturated heterocycles. The molecule has 0 amide bonds. The highest BCUT2D eigenvalue weighted by Gasteiger charge is 2.19. The lowest BCUT2D eigenvalue weighted by Crippen LogP contribution is -2.46. The van der Waals surface area contributed by atoms with E-state index >= 15 is 0 Å². The number of aromatic nitrogens is 3. The Balaban J connectivity index is 1.40. The average molecular weight is 358 g/mol. The van der Waals surface area contributed by atoms with E-state index in [4.69, 9.17) is 0 Å². The summed E-state index contributed by atoms with van der Waals surface area (Å²) in [6.45, 7) is 6.30. The van der Waals surface area contributed by atoms with Crippen LogP contribution in [0.3, 0.4) is 0 Å². The Morgan fingerprint density at radius 1 is 1.23 bits per heavy atom. The van der Waals surface area contributed by atoms with Crippen molar-refractivity contribution < 1.29 is 0 Å². The van der Waals surface area contributed by atoms with Crippen molar-refractivity contribution in [3.63, 3.8) is 0 Å². The van der Waals surface area contributed by atoms with Gasteiger partial charge < -0.3 is 10.6 Å². The van der Waals surface area contributed by atoms with Crippen molar-refractivity contribution in [1.29, 1.82) is 0 Å². The molecule has 1 fully saturated rings. The van der Waals surface area contributed by atoms with Gasteiger partial charge in [-0.05, 0) is 37.9 Å². The van der Waals surface area contributed by atoms with Gasteiger partial charge in [0.1, 0.15) is 5.82 Å². The van der Waals surface area contributed by atoms with E-state index < -0.39 is 0 Å². The number of pyridine rings is 1. The molecule has 2 aromatic rings. The third-order valence-corrected chi connectivity index (χ3v) is 5.16. The Hall–Kier alpha value is -2.15. The molecule has 3 rings (SSSR count). The Morgan fingerprint density at radius 2 is 2.12 bits per heavy atom. The molecular formula is C19H31N7. The topological polar surface area (TPSA) is 69.8 Å². The number of aliphatic imine (C=N–C) groups is 1. The zero-order valence-electron chi connectivity index (χ0n) is 16.0. The van der Waals surface area contributed by atoms with Crippen molar-refractivity contribution in [2.75, 3.05) is 33.2 Å². The van der Waals surface area contributed by atoms with Gasteiger partial charge in [-0.1, -0.05) is 19.4 Å². The summed E-state index contributed by atoms with van der Waals surface area (Å²) in [5.74, 6) is 1.81. The van der Waals surface area contributed by atoms with E-state index in [1.165, 1.54) is 32.2 Å². The summed E-state index contributed by atoms with van der Waals surface area (Å²) in [4.78, 5) is 6.94. The van der Waals surface area contributed by atoms with Crippen molar-refractivity contribution >= 4 is 11.6 Å². The van der Waals surface area contributed by atoms with Crippen molar-refractivity contribution in [3.8, 4) is 0 Å². The summed E-state index contributed by atoms with van der Waals surface area (Å²) < 4.78 is 2.03. The minimum atomic E-state index is 0.752. The predicted octanol–water partition coefficient (Wildman–Crippen LogP) is 1.70. The first kappa shape index (κ1) is 18.6. The minimum absolute atomic E-state index is 0.752. The maximum Gasteiger partial charge on any atom is 0.191 e. The fourth-order valence-electron chi connectivity index (χ4n) is 3.71. The molecule has 0 radical (unpaired) electrons. The zero-order chi connectivity index (χ0) is 18.2. The molecule has 1 atom stereocenters. The molecule has 0 spiro atoms. The van der Waals surface area contributed by atoms with Crippen LogP contribution in [0.1, 0.15) is 38.4 Å². The van der Waals surface area contributed by atoms with E-state index in [-0.39, 0.29) is 0 Å². The van der Waals surface area contributed by atoms with Gasteiger partial charge in [0, 0.05) is 45.3 Å². The molecular weight excluding hydrogens is 326 g/mol. The van der Waals surface area contributed by atoms with Crippen LogP contribution in [-0.4, -0.2) is 64.7 Å². The highest BCUT2D eigenvalue weighted by Crippen LogP contribution is 2.18. The fraction of sp³-hybridized carbons (Fsp3) is 0.632. The second kappa shape index (κ2) is 9.52. The van der Waals surface area contributed by atoms with Crippen molar-refractivity contribution in [2.45, 2.75) is 45.1 Å². The van der Waals surface area contributed by atoms with Gasteiger partial charge in [-0.3, -0.25) is 14.3 Å². The number of nitrogens with one attached hydrogen (secondary N) is 2. The Morgan fingerprint density at radius 3 is 2.96 bits per heavy atom. The number of rotatable bonds is 7. The lowest BCUT2D eigenvalue weighted by Gasteiger charge is -2.35. The summed E-state index contributed by atoms with van der Waals surface area (Å²) in [7, 11) is 1.82. The molecule has 26 heavy (non-hydrogen) atoms. The van der Waals surface area contributed by atoms with Crippen LogP contribution in [0.2, 0.25) is 0 Å². The predicted molar refractivity (Wildman–Crippen MR) is 106 cm³/mol. The highest BCUT2D eigenvalue weighted by atomic mass is 15.3. The maximum absolute atomic E-state index is 4.32. The number of hydrogen-bond donors (Lipinski definition) is 2. The Kier molecular flexibility index (Phi) is 6.82. The summed E-state index contributed by atoms with van der Waals surface area (Å²) >= 11 is 0.